The van der Waals surface area contributed by atoms with Crippen LogP contribution in [0.25, 0.3) is 0 Å². The fourth-order valence-corrected chi connectivity index (χ4v) is 0.773. The molecule has 1 rings (SSSR count). The fourth-order valence-electron chi connectivity index (χ4n) is 0.773. The molecule has 0 radical (unpaired) electrons. The first-order valence-electron chi connectivity index (χ1n) is 3.45. The van der Waals surface area contributed by atoms with Gasteiger partial charge in [-0.1, -0.05) is 0 Å². The Hall–Kier alpha value is -1.78. The lowest BCUT2D eigenvalue weighted by Gasteiger charge is -2.00. The van der Waals surface area contributed by atoms with Gasteiger partial charge in [0.2, 0.25) is 5.76 Å². The van der Waals surface area contributed by atoms with Crippen molar-refractivity contribution in [3.05, 3.63) is 28.3 Å². The fraction of sp³-hybridized carbons (Fsp3) is 0.250. The molecule has 0 bridgehead atoms. The van der Waals surface area contributed by atoms with Crippen LogP contribution in [0.4, 0.5) is 0 Å². The van der Waals surface area contributed by atoms with Crippen LogP contribution in [0.15, 0.2) is 21.3 Å². The molecule has 0 amide bonds. The normalized spacial score (nSPS) is 9.38. The summed E-state index contributed by atoms with van der Waals surface area (Å²) in [6.07, 6.45) is 0. The average Bonchev–Trinajstić information content (AvgIpc) is 2.15. The van der Waals surface area contributed by atoms with Gasteiger partial charge in [0.25, 0.3) is 0 Å². The van der Waals surface area contributed by atoms with Gasteiger partial charge in [-0.2, -0.15) is 0 Å². The monoisotopic (exact) mass is 184 g/mol. The molecule has 0 aliphatic heterocycles. The van der Waals surface area contributed by atoms with E-state index in [9.17, 15) is 9.59 Å². The molecule has 0 aliphatic carbocycles. The van der Waals surface area contributed by atoms with E-state index in [-0.39, 0.29) is 11.5 Å². The Morgan fingerprint density at radius 2 is 2.08 bits per heavy atom. The topological polar surface area (TPSA) is 65.7 Å². The Labute approximate surface area is 73.9 Å². The highest BCUT2D eigenvalue weighted by molar-refractivity contribution is 5.86. The zero-order valence-electron chi connectivity index (χ0n) is 7.20. The molecule has 5 nitrogen and oxygen atoms in total. The number of hydrogen-bond donors (Lipinski definition) is 0. The van der Waals surface area contributed by atoms with Gasteiger partial charge in [-0.05, 0) is 0 Å². The van der Waals surface area contributed by atoms with Gasteiger partial charge in [0, 0.05) is 6.07 Å². The highest BCUT2D eigenvalue weighted by Crippen LogP contribution is 2.09. The minimum Gasteiger partial charge on any atom is -0.496 e. The Morgan fingerprint density at radius 3 is 2.62 bits per heavy atom. The maximum Gasteiger partial charge on any atom is 0.374 e. The first-order valence-corrected chi connectivity index (χ1v) is 3.45. The summed E-state index contributed by atoms with van der Waals surface area (Å²) in [4.78, 5) is 21.8. The molecule has 0 unspecified atom stereocenters. The van der Waals surface area contributed by atoms with Gasteiger partial charge in [0.15, 0.2) is 0 Å². The first-order chi connectivity index (χ1) is 6.17. The number of hydrogen-bond acceptors (Lipinski definition) is 5. The number of carbonyl (C=O) groups excluding carboxylic acids is 1. The maximum absolute atomic E-state index is 10.9. The molecule has 1 heterocycles. The second-order valence-corrected chi connectivity index (χ2v) is 2.17. The number of methoxy groups -OCH3 is 2. The molecule has 70 valence electrons. The minimum atomic E-state index is -0.712. The molecule has 13 heavy (non-hydrogen) atoms. The molecule has 0 aromatic carbocycles. The van der Waals surface area contributed by atoms with Gasteiger partial charge in [-0.3, -0.25) is 0 Å². The highest BCUT2D eigenvalue weighted by Gasteiger charge is 2.10. The summed E-state index contributed by atoms with van der Waals surface area (Å²) in [5.74, 6) is -0.625. The molecule has 1 aromatic heterocycles. The van der Waals surface area contributed by atoms with E-state index in [0.717, 1.165) is 6.07 Å². The second-order valence-electron chi connectivity index (χ2n) is 2.17. The quantitative estimate of drug-likeness (QED) is 0.624. The van der Waals surface area contributed by atoms with Crippen LogP contribution in [0.2, 0.25) is 0 Å². The summed E-state index contributed by atoms with van der Waals surface area (Å²) in [5, 5.41) is 0. The predicted octanol–water partition coefficient (Wildman–Crippen LogP) is 0.435. The summed E-state index contributed by atoms with van der Waals surface area (Å²) in [5.41, 5.74) is -0.653. The summed E-state index contributed by atoms with van der Waals surface area (Å²) < 4.78 is 13.7. The standard InChI is InChI=1S/C8H8O5/c1-11-5-3-6(8(10)12-2)13-7(9)4-5/h3-4H,1-2H3. The Bertz CT molecular complexity index is 365. The molecule has 1 aromatic rings. The molecule has 0 atom stereocenters. The lowest BCUT2D eigenvalue weighted by Crippen LogP contribution is -2.07. The van der Waals surface area contributed by atoms with Crippen molar-refractivity contribution < 1.29 is 18.7 Å². The number of rotatable bonds is 2. The number of ether oxygens (including phenoxy) is 2. The van der Waals surface area contributed by atoms with Crippen LogP contribution in [0, 0.1) is 0 Å². The molecule has 5 heteroatoms. The van der Waals surface area contributed by atoms with E-state index in [0.29, 0.717) is 0 Å². The van der Waals surface area contributed by atoms with Gasteiger partial charge >= 0.3 is 11.6 Å². The van der Waals surface area contributed by atoms with Crippen molar-refractivity contribution in [2.45, 2.75) is 0 Å². The molecule has 0 spiro atoms. The van der Waals surface area contributed by atoms with E-state index in [2.05, 4.69) is 9.15 Å². The molecular weight excluding hydrogens is 176 g/mol. The van der Waals surface area contributed by atoms with E-state index in [1.54, 1.807) is 0 Å². The third-order valence-corrected chi connectivity index (χ3v) is 1.37. The van der Waals surface area contributed by atoms with E-state index < -0.39 is 11.6 Å². The maximum atomic E-state index is 10.9. The third kappa shape index (κ3) is 2.08. The van der Waals surface area contributed by atoms with E-state index >= 15 is 0 Å². The van der Waals surface area contributed by atoms with Gasteiger partial charge in [-0.25, -0.2) is 9.59 Å². The third-order valence-electron chi connectivity index (χ3n) is 1.37. The van der Waals surface area contributed by atoms with E-state index in [1.807, 2.05) is 0 Å². The zero-order valence-corrected chi connectivity index (χ0v) is 7.20. The molecule has 0 aliphatic rings. The molecule has 0 saturated carbocycles. The zero-order chi connectivity index (χ0) is 9.84. The van der Waals surface area contributed by atoms with Crippen molar-refractivity contribution in [1.29, 1.82) is 0 Å². The van der Waals surface area contributed by atoms with Crippen molar-refractivity contribution in [2.75, 3.05) is 14.2 Å². The van der Waals surface area contributed by atoms with Crippen molar-refractivity contribution in [3.63, 3.8) is 0 Å². The van der Waals surface area contributed by atoms with Crippen LogP contribution in [0.3, 0.4) is 0 Å². The lowest BCUT2D eigenvalue weighted by molar-refractivity contribution is 0.0558. The highest BCUT2D eigenvalue weighted by atomic mass is 16.5. The average molecular weight is 184 g/mol. The van der Waals surface area contributed by atoms with Crippen molar-refractivity contribution in [1.82, 2.24) is 0 Å². The number of esters is 1. The van der Waals surface area contributed by atoms with Crippen LogP contribution in [0.1, 0.15) is 10.6 Å². The van der Waals surface area contributed by atoms with Crippen molar-refractivity contribution in [2.24, 2.45) is 0 Å². The largest absolute Gasteiger partial charge is 0.496 e. The summed E-state index contributed by atoms with van der Waals surface area (Å²) in [7, 11) is 2.58. The van der Waals surface area contributed by atoms with Crippen LogP contribution >= 0.6 is 0 Å². The van der Waals surface area contributed by atoms with Gasteiger partial charge in [0.1, 0.15) is 5.75 Å². The summed E-state index contributed by atoms with van der Waals surface area (Å²) in [6, 6.07) is 2.42. The SMILES string of the molecule is COC(=O)c1cc(OC)cc(=O)o1. The van der Waals surface area contributed by atoms with Crippen LogP contribution < -0.4 is 10.4 Å². The van der Waals surface area contributed by atoms with Crippen molar-refractivity contribution >= 4 is 5.97 Å². The van der Waals surface area contributed by atoms with Gasteiger partial charge in [-0.15, -0.1) is 0 Å². The van der Waals surface area contributed by atoms with Gasteiger partial charge < -0.3 is 13.9 Å². The van der Waals surface area contributed by atoms with Gasteiger partial charge in [0.05, 0.1) is 20.3 Å². The molecular formula is C8H8O5. The predicted molar refractivity (Wildman–Crippen MR) is 42.9 cm³/mol. The van der Waals surface area contributed by atoms with E-state index in [1.165, 1.54) is 20.3 Å². The molecule has 0 N–H and O–H groups in total. The number of carbonyl (C=O) groups is 1. The molecule has 0 fully saturated rings. The smallest absolute Gasteiger partial charge is 0.374 e. The molecule has 0 saturated heterocycles. The lowest BCUT2D eigenvalue weighted by atomic mass is 10.4. The minimum absolute atomic E-state index is 0.174. The van der Waals surface area contributed by atoms with Crippen LogP contribution in [0.5, 0.6) is 5.75 Å². The van der Waals surface area contributed by atoms with Crippen molar-refractivity contribution in [3.8, 4) is 5.75 Å². The first kappa shape index (κ1) is 9.31. The Balaban J connectivity index is 3.16. The Kier molecular flexibility index (Phi) is 2.69. The van der Waals surface area contributed by atoms with E-state index in [4.69, 9.17) is 4.74 Å². The summed E-state index contributed by atoms with van der Waals surface area (Å²) >= 11 is 0. The van der Waals surface area contributed by atoms with Crippen LogP contribution in [-0.2, 0) is 4.74 Å². The summed E-state index contributed by atoms with van der Waals surface area (Å²) in [6.45, 7) is 0. The Morgan fingerprint density at radius 1 is 1.38 bits per heavy atom. The second kappa shape index (κ2) is 3.75. The van der Waals surface area contributed by atoms with Crippen LogP contribution in [-0.4, -0.2) is 20.2 Å².